The number of aromatic nitrogens is 4. The van der Waals surface area contributed by atoms with E-state index in [0.717, 1.165) is 11.9 Å². The number of nitrogens with one attached hydrogen (secondary N) is 1. The Kier molecular flexibility index (Phi) is 10.5. The molecule has 45 heavy (non-hydrogen) atoms. The van der Waals surface area contributed by atoms with Gasteiger partial charge in [0.15, 0.2) is 30.5 Å². The molecule has 0 bridgehead atoms. The van der Waals surface area contributed by atoms with Crippen LogP contribution in [0.25, 0.3) is 0 Å². The molecule has 14 heteroatoms. The van der Waals surface area contributed by atoms with Crippen molar-refractivity contribution in [3.05, 3.63) is 66.5 Å². The molecular weight excluding hydrogens is 602 g/mol. The number of ether oxygens (including phenoxy) is 6. The quantitative estimate of drug-likeness (QED) is 0.216. The monoisotopic (exact) mass is 635 g/mol. The maximum atomic E-state index is 13.4. The van der Waals surface area contributed by atoms with Crippen LogP contribution in [0.15, 0.2) is 65.8 Å². The average Bonchev–Trinajstić information content (AvgIpc) is 3.03. The lowest BCUT2D eigenvalue weighted by Crippen LogP contribution is -2.16. The zero-order chi connectivity index (χ0) is 32.5. The van der Waals surface area contributed by atoms with Crippen molar-refractivity contribution in [2.75, 3.05) is 39.3 Å². The van der Waals surface area contributed by atoms with E-state index in [-0.39, 0.29) is 64.5 Å². The highest BCUT2D eigenvalue weighted by atomic mass is 32.2. The molecule has 0 saturated heterocycles. The van der Waals surface area contributed by atoms with E-state index in [1.165, 1.54) is 39.5 Å². The molecule has 0 fully saturated rings. The lowest BCUT2D eigenvalue weighted by molar-refractivity contribution is 0.307. The fourth-order valence-corrected chi connectivity index (χ4v) is 4.74. The van der Waals surface area contributed by atoms with Gasteiger partial charge in [-0.2, -0.15) is 15.0 Å². The molecule has 2 heterocycles. The minimum absolute atomic E-state index is 0.0229. The minimum atomic E-state index is -4.07. The number of sulfonamides is 1. The van der Waals surface area contributed by atoms with Crippen molar-refractivity contribution < 1.29 is 36.8 Å². The van der Waals surface area contributed by atoms with E-state index in [9.17, 15) is 8.42 Å². The van der Waals surface area contributed by atoms with E-state index in [1.807, 2.05) is 20.8 Å². The summed E-state index contributed by atoms with van der Waals surface area (Å²) >= 11 is 0. The molecule has 0 spiro atoms. The summed E-state index contributed by atoms with van der Waals surface area (Å²) < 4.78 is 62.1. The number of benzene rings is 2. The first-order chi connectivity index (χ1) is 21.5. The number of hydrogen-bond donors (Lipinski definition) is 1. The number of rotatable bonds is 12. The summed E-state index contributed by atoms with van der Waals surface area (Å²) in [5.74, 6) is 6.49. The van der Waals surface area contributed by atoms with E-state index in [1.54, 1.807) is 36.4 Å². The molecule has 0 aliphatic rings. The SMILES string of the molecule is COc1cc(OC)nc(OCC#CCOc2ncnc(NS(=O)(=O)c3ccc(C(C)(C)C)cc3)c2Oc2ccccc2OC)n1. The summed E-state index contributed by atoms with van der Waals surface area (Å²) in [6.45, 7) is 5.92. The van der Waals surface area contributed by atoms with Crippen LogP contribution >= 0.6 is 0 Å². The third-order valence-corrected chi connectivity index (χ3v) is 7.43. The molecule has 236 valence electrons. The van der Waals surface area contributed by atoms with E-state index >= 15 is 0 Å². The summed E-state index contributed by atoms with van der Waals surface area (Å²) in [6.07, 6.45) is 1.15. The molecule has 4 rings (SSSR count). The van der Waals surface area contributed by atoms with Crippen LogP contribution in [0, 0.1) is 11.8 Å². The van der Waals surface area contributed by atoms with Gasteiger partial charge in [0.1, 0.15) is 6.33 Å². The van der Waals surface area contributed by atoms with Crippen molar-refractivity contribution >= 4 is 15.8 Å². The van der Waals surface area contributed by atoms with Crippen molar-refractivity contribution in [2.24, 2.45) is 0 Å². The Morgan fingerprint density at radius 1 is 0.800 bits per heavy atom. The van der Waals surface area contributed by atoms with E-state index < -0.39 is 10.0 Å². The van der Waals surface area contributed by atoms with Crippen LogP contribution in [0.5, 0.6) is 40.9 Å². The Bertz CT molecular complexity index is 1760. The second kappa shape index (κ2) is 14.5. The predicted molar refractivity (Wildman–Crippen MR) is 165 cm³/mol. The maximum Gasteiger partial charge on any atom is 0.324 e. The molecular formula is C31H33N5O8S. The average molecular weight is 636 g/mol. The fraction of sp³-hybridized carbons (Fsp3) is 0.290. The molecule has 0 amide bonds. The first kappa shape index (κ1) is 32.6. The van der Waals surface area contributed by atoms with Crippen LogP contribution in [-0.4, -0.2) is 62.9 Å². The van der Waals surface area contributed by atoms with Gasteiger partial charge >= 0.3 is 6.01 Å². The molecule has 1 N–H and O–H groups in total. The smallest absolute Gasteiger partial charge is 0.324 e. The van der Waals surface area contributed by atoms with Gasteiger partial charge in [0.2, 0.25) is 17.5 Å². The first-order valence-electron chi connectivity index (χ1n) is 13.5. The normalized spacial score (nSPS) is 11.1. The van der Waals surface area contributed by atoms with Gasteiger partial charge in [0.05, 0.1) is 32.3 Å². The molecule has 0 atom stereocenters. The highest BCUT2D eigenvalue weighted by molar-refractivity contribution is 7.92. The van der Waals surface area contributed by atoms with Crippen LogP contribution in [-0.2, 0) is 15.4 Å². The Labute approximate surface area is 261 Å². The molecule has 0 aliphatic carbocycles. The topological polar surface area (TPSA) is 153 Å². The molecule has 0 saturated carbocycles. The van der Waals surface area contributed by atoms with Gasteiger partial charge in [-0.1, -0.05) is 56.9 Å². The van der Waals surface area contributed by atoms with Crippen molar-refractivity contribution in [1.29, 1.82) is 0 Å². The zero-order valence-corrected chi connectivity index (χ0v) is 26.5. The van der Waals surface area contributed by atoms with Crippen LogP contribution in [0.3, 0.4) is 0 Å². The molecule has 0 aliphatic heterocycles. The summed E-state index contributed by atoms with van der Waals surface area (Å²) in [5, 5.41) is 0. The van der Waals surface area contributed by atoms with Gasteiger partial charge < -0.3 is 28.4 Å². The summed E-state index contributed by atoms with van der Waals surface area (Å²) in [6, 6.07) is 15.0. The second-order valence-electron chi connectivity index (χ2n) is 10.2. The summed E-state index contributed by atoms with van der Waals surface area (Å²) in [5.41, 5.74) is 0.845. The molecule has 2 aromatic carbocycles. The van der Waals surface area contributed by atoms with Crippen LogP contribution < -0.4 is 33.1 Å². The second-order valence-corrected chi connectivity index (χ2v) is 11.8. The number of anilines is 1. The molecule has 13 nitrogen and oxygen atoms in total. The first-order valence-corrected chi connectivity index (χ1v) is 15.0. The van der Waals surface area contributed by atoms with Crippen LogP contribution in [0.1, 0.15) is 26.3 Å². The van der Waals surface area contributed by atoms with Gasteiger partial charge in [-0.25, -0.2) is 13.4 Å². The Hall–Kier alpha value is -5.29. The van der Waals surface area contributed by atoms with E-state index in [2.05, 4.69) is 36.5 Å². The van der Waals surface area contributed by atoms with Crippen LogP contribution in [0.2, 0.25) is 0 Å². The highest BCUT2D eigenvalue weighted by Crippen LogP contribution is 2.40. The standard InChI is InChI=1S/C31H33N5O8S/c1-31(2,3)21-13-15-22(16-14-21)45(37,38)36-28-27(44-24-12-8-7-11-23(24)39-4)29(33-20-32-28)42-17-9-10-18-43-30-34-25(40-5)19-26(35-30)41-6/h7-8,11-16,19-20H,17-18H2,1-6H3,(H,32,33,36). The number of para-hydroxylation sites is 2. The molecule has 0 radical (unpaired) electrons. The largest absolute Gasteiger partial charge is 0.493 e. The van der Waals surface area contributed by atoms with Gasteiger partial charge in [-0.05, 0) is 35.2 Å². The van der Waals surface area contributed by atoms with Crippen LogP contribution in [0.4, 0.5) is 5.82 Å². The highest BCUT2D eigenvalue weighted by Gasteiger charge is 2.24. The summed E-state index contributed by atoms with van der Waals surface area (Å²) in [4.78, 5) is 16.5. The lowest BCUT2D eigenvalue weighted by Gasteiger charge is -2.19. The van der Waals surface area contributed by atoms with Crippen molar-refractivity contribution in [3.63, 3.8) is 0 Å². The Morgan fingerprint density at radius 3 is 2.02 bits per heavy atom. The van der Waals surface area contributed by atoms with E-state index in [4.69, 9.17) is 28.4 Å². The molecule has 2 aromatic heterocycles. The van der Waals surface area contributed by atoms with E-state index in [0.29, 0.717) is 5.75 Å². The lowest BCUT2D eigenvalue weighted by atomic mass is 9.87. The Balaban J connectivity index is 1.55. The zero-order valence-electron chi connectivity index (χ0n) is 25.7. The van der Waals surface area contributed by atoms with Gasteiger partial charge in [-0.3, -0.25) is 4.72 Å². The summed E-state index contributed by atoms with van der Waals surface area (Å²) in [7, 11) is 0.330. The number of methoxy groups -OCH3 is 3. The number of nitrogens with zero attached hydrogens (tertiary/aromatic N) is 4. The minimum Gasteiger partial charge on any atom is -0.493 e. The molecule has 0 unspecified atom stereocenters. The fourth-order valence-electron chi connectivity index (χ4n) is 3.72. The molecule has 4 aromatic rings. The maximum absolute atomic E-state index is 13.4. The number of hydrogen-bond acceptors (Lipinski definition) is 12. The third kappa shape index (κ3) is 8.64. The predicted octanol–water partition coefficient (Wildman–Crippen LogP) is 4.64. The third-order valence-electron chi connectivity index (χ3n) is 6.07. The van der Waals surface area contributed by atoms with Gasteiger partial charge in [-0.15, -0.1) is 0 Å². The van der Waals surface area contributed by atoms with Crippen molar-refractivity contribution in [3.8, 4) is 52.7 Å². The van der Waals surface area contributed by atoms with Gasteiger partial charge in [0, 0.05) is 0 Å². The van der Waals surface area contributed by atoms with Gasteiger partial charge in [0.25, 0.3) is 15.9 Å². The van der Waals surface area contributed by atoms with Crippen molar-refractivity contribution in [2.45, 2.75) is 31.1 Å². The van der Waals surface area contributed by atoms with Crippen molar-refractivity contribution in [1.82, 2.24) is 19.9 Å². The Morgan fingerprint density at radius 2 is 1.42 bits per heavy atom.